The number of aliphatic hydroxyl groups is 1. The summed E-state index contributed by atoms with van der Waals surface area (Å²) < 4.78 is 6.42. The molecular formula is C32H38N6O3S. The lowest BCUT2D eigenvalue weighted by atomic mass is 10.1. The Hall–Kier alpha value is -3.57. The predicted molar refractivity (Wildman–Crippen MR) is 167 cm³/mol. The van der Waals surface area contributed by atoms with Crippen molar-refractivity contribution in [3.05, 3.63) is 78.1 Å². The fourth-order valence-electron chi connectivity index (χ4n) is 5.80. The number of ether oxygens (including phenoxy) is 1. The van der Waals surface area contributed by atoms with Crippen molar-refractivity contribution in [2.24, 2.45) is 0 Å². The number of benzene rings is 2. The van der Waals surface area contributed by atoms with Gasteiger partial charge in [-0.15, -0.1) is 11.3 Å². The number of anilines is 1. The number of methoxy groups -OCH3 is 1. The standard InChI is InChI=1S/C32H38N6O3S/c1-41-26-11-13-37(14-12-26)32(40)38-17-15-36(16-18-38)20-23-7-9-25(10-8-23)29-19-27-30(42-29)31(34-22-33-27)35-28(21-39)24-5-3-2-4-6-24/h2-10,19,22,26,28,39H,11-18,20-21H2,1H3,(H,33,34,35)/t28-/m1/s1. The van der Waals surface area contributed by atoms with Crippen LogP contribution in [-0.2, 0) is 11.3 Å². The minimum atomic E-state index is -0.248. The monoisotopic (exact) mass is 586 g/mol. The molecule has 0 bridgehead atoms. The van der Waals surface area contributed by atoms with Gasteiger partial charge in [-0.05, 0) is 35.6 Å². The number of hydrogen-bond donors (Lipinski definition) is 2. The first-order chi connectivity index (χ1) is 20.6. The van der Waals surface area contributed by atoms with Crippen LogP contribution in [0.15, 0.2) is 67.0 Å². The molecule has 6 rings (SSSR count). The summed E-state index contributed by atoms with van der Waals surface area (Å²) in [7, 11) is 1.75. The van der Waals surface area contributed by atoms with E-state index in [1.807, 2.05) is 40.1 Å². The van der Waals surface area contributed by atoms with E-state index in [9.17, 15) is 9.90 Å². The minimum Gasteiger partial charge on any atom is -0.394 e. The molecule has 2 aromatic heterocycles. The Labute approximate surface area is 250 Å². The lowest BCUT2D eigenvalue weighted by molar-refractivity contribution is 0.0405. The minimum absolute atomic E-state index is 0.0335. The van der Waals surface area contributed by atoms with Gasteiger partial charge in [0.1, 0.15) is 12.1 Å². The molecule has 0 spiro atoms. The molecule has 2 saturated heterocycles. The highest BCUT2D eigenvalue weighted by Crippen LogP contribution is 2.36. The smallest absolute Gasteiger partial charge is 0.320 e. The fourth-order valence-corrected chi connectivity index (χ4v) is 6.87. The quantitative estimate of drug-likeness (QED) is 0.305. The number of rotatable bonds is 8. The van der Waals surface area contributed by atoms with E-state index in [0.29, 0.717) is 0 Å². The molecule has 220 valence electrons. The Bertz CT molecular complexity index is 1460. The zero-order chi connectivity index (χ0) is 28.9. The number of fused-ring (bicyclic) bond motifs is 1. The van der Waals surface area contributed by atoms with Crippen LogP contribution in [0.1, 0.15) is 30.0 Å². The first-order valence-corrected chi connectivity index (χ1v) is 15.5. The van der Waals surface area contributed by atoms with Crippen molar-refractivity contribution in [1.29, 1.82) is 0 Å². The molecule has 2 amide bonds. The Morgan fingerprint density at radius 1 is 1.00 bits per heavy atom. The number of thiophene rings is 1. The van der Waals surface area contributed by atoms with Crippen LogP contribution in [0.4, 0.5) is 10.6 Å². The molecular weight excluding hydrogens is 548 g/mol. The van der Waals surface area contributed by atoms with Crippen LogP contribution in [-0.4, -0.2) is 94.9 Å². The average Bonchev–Trinajstić information content (AvgIpc) is 3.50. The van der Waals surface area contributed by atoms with Crippen molar-refractivity contribution in [3.8, 4) is 10.4 Å². The summed E-state index contributed by atoms with van der Waals surface area (Å²) >= 11 is 1.65. The Morgan fingerprint density at radius 2 is 1.71 bits per heavy atom. The molecule has 2 aromatic carbocycles. The first kappa shape index (κ1) is 28.5. The van der Waals surface area contributed by atoms with Crippen LogP contribution in [0, 0.1) is 0 Å². The summed E-state index contributed by atoms with van der Waals surface area (Å²) in [5.41, 5.74) is 4.30. The molecule has 2 fully saturated rings. The molecule has 0 unspecified atom stereocenters. The van der Waals surface area contributed by atoms with Crippen LogP contribution in [0.2, 0.25) is 0 Å². The maximum atomic E-state index is 13.0. The SMILES string of the molecule is COC1CCN(C(=O)N2CCN(Cc3ccc(-c4cc5ncnc(N[C@H](CO)c6ccccc6)c5s4)cc3)CC2)CC1. The largest absolute Gasteiger partial charge is 0.394 e. The van der Waals surface area contributed by atoms with Crippen LogP contribution < -0.4 is 5.32 Å². The number of carbonyl (C=O) groups is 1. The van der Waals surface area contributed by atoms with Gasteiger partial charge in [-0.1, -0.05) is 54.6 Å². The van der Waals surface area contributed by atoms with Gasteiger partial charge in [-0.3, -0.25) is 4.90 Å². The van der Waals surface area contributed by atoms with Crippen LogP contribution in [0.25, 0.3) is 20.7 Å². The highest BCUT2D eigenvalue weighted by atomic mass is 32.1. The number of nitrogens with one attached hydrogen (secondary N) is 1. The molecule has 0 radical (unpaired) electrons. The van der Waals surface area contributed by atoms with Crippen molar-refractivity contribution in [3.63, 3.8) is 0 Å². The molecule has 2 aliphatic heterocycles. The Balaban J connectivity index is 1.06. The molecule has 9 nitrogen and oxygen atoms in total. The van der Waals surface area contributed by atoms with Gasteiger partial charge in [0.05, 0.1) is 29.0 Å². The number of carbonyl (C=O) groups excluding carboxylic acids is 1. The number of aromatic nitrogens is 2. The van der Waals surface area contributed by atoms with Crippen LogP contribution in [0.5, 0.6) is 0 Å². The topological polar surface area (TPSA) is 94.1 Å². The van der Waals surface area contributed by atoms with Gasteiger partial charge >= 0.3 is 6.03 Å². The normalized spacial score (nSPS) is 17.5. The van der Waals surface area contributed by atoms with Crippen molar-refractivity contribution in [1.82, 2.24) is 24.7 Å². The van der Waals surface area contributed by atoms with Crippen molar-refractivity contribution >= 4 is 33.4 Å². The average molecular weight is 587 g/mol. The maximum Gasteiger partial charge on any atom is 0.320 e. The summed E-state index contributed by atoms with van der Waals surface area (Å²) in [6.07, 6.45) is 3.69. The molecule has 0 aliphatic carbocycles. The van der Waals surface area contributed by atoms with Crippen LogP contribution in [0.3, 0.4) is 0 Å². The second-order valence-corrected chi connectivity index (χ2v) is 12.1. The third-order valence-electron chi connectivity index (χ3n) is 8.34. The summed E-state index contributed by atoms with van der Waals surface area (Å²) in [4.78, 5) is 29.5. The summed E-state index contributed by atoms with van der Waals surface area (Å²) in [6.45, 7) is 5.69. The number of hydrogen-bond acceptors (Lipinski definition) is 8. The number of amides is 2. The Morgan fingerprint density at radius 3 is 2.40 bits per heavy atom. The van der Waals surface area contributed by atoms with Gasteiger partial charge in [-0.2, -0.15) is 0 Å². The number of piperazine rings is 1. The second-order valence-electron chi connectivity index (χ2n) is 11.0. The fraction of sp³-hybridized carbons (Fsp3) is 0.406. The highest BCUT2D eigenvalue weighted by Gasteiger charge is 2.28. The number of urea groups is 1. The summed E-state index contributed by atoms with van der Waals surface area (Å²) in [5.74, 6) is 0.729. The Kier molecular flexibility index (Phi) is 8.95. The first-order valence-electron chi connectivity index (χ1n) is 14.7. The molecule has 0 saturated carbocycles. The highest BCUT2D eigenvalue weighted by molar-refractivity contribution is 7.22. The number of nitrogens with zero attached hydrogens (tertiary/aromatic N) is 5. The lowest BCUT2D eigenvalue weighted by Gasteiger charge is -2.39. The van der Waals surface area contributed by atoms with Gasteiger partial charge in [0.15, 0.2) is 0 Å². The molecule has 2 aliphatic rings. The lowest BCUT2D eigenvalue weighted by Crippen LogP contribution is -2.54. The number of likely N-dealkylation sites (tertiary alicyclic amines) is 1. The van der Waals surface area contributed by atoms with E-state index in [1.54, 1.807) is 24.8 Å². The van der Waals surface area contributed by atoms with Crippen molar-refractivity contribution < 1.29 is 14.6 Å². The van der Waals surface area contributed by atoms with Gasteiger partial charge < -0.3 is 25.0 Å². The van der Waals surface area contributed by atoms with E-state index in [1.165, 1.54) is 5.56 Å². The van der Waals surface area contributed by atoms with Gasteiger partial charge in [-0.25, -0.2) is 14.8 Å². The van der Waals surface area contributed by atoms with Gasteiger partial charge in [0, 0.05) is 57.8 Å². The van der Waals surface area contributed by atoms with Crippen molar-refractivity contribution in [2.45, 2.75) is 31.5 Å². The number of aliphatic hydroxyl groups excluding tert-OH is 1. The molecule has 4 heterocycles. The zero-order valence-electron chi connectivity index (χ0n) is 24.0. The summed E-state index contributed by atoms with van der Waals surface area (Å²) in [5, 5.41) is 13.4. The molecule has 42 heavy (non-hydrogen) atoms. The molecule has 10 heteroatoms. The maximum absolute atomic E-state index is 13.0. The molecule has 4 aromatic rings. The predicted octanol–water partition coefficient (Wildman–Crippen LogP) is 4.85. The third kappa shape index (κ3) is 6.42. The summed E-state index contributed by atoms with van der Waals surface area (Å²) in [6, 6.07) is 20.7. The van der Waals surface area contributed by atoms with E-state index in [4.69, 9.17) is 4.74 Å². The van der Waals surface area contributed by atoms with E-state index in [-0.39, 0.29) is 24.8 Å². The van der Waals surface area contributed by atoms with E-state index >= 15 is 0 Å². The molecule has 1 atom stereocenters. The number of piperidine rings is 1. The van der Waals surface area contributed by atoms with Gasteiger partial charge in [0.2, 0.25) is 0 Å². The van der Waals surface area contributed by atoms with Gasteiger partial charge in [0.25, 0.3) is 0 Å². The van der Waals surface area contributed by atoms with E-state index in [2.05, 4.69) is 50.5 Å². The van der Waals surface area contributed by atoms with E-state index in [0.717, 1.165) is 90.7 Å². The third-order valence-corrected chi connectivity index (χ3v) is 9.52. The van der Waals surface area contributed by atoms with Crippen molar-refractivity contribution in [2.75, 3.05) is 58.3 Å². The van der Waals surface area contributed by atoms with E-state index < -0.39 is 0 Å². The molecule has 2 N–H and O–H groups in total. The zero-order valence-corrected chi connectivity index (χ0v) is 24.8. The van der Waals surface area contributed by atoms with Crippen LogP contribution >= 0.6 is 11.3 Å². The second kappa shape index (κ2) is 13.2.